The van der Waals surface area contributed by atoms with Gasteiger partial charge in [-0.1, -0.05) is 19.1 Å². The normalized spacial score (nSPS) is 25.1. The zero-order chi connectivity index (χ0) is 12.4. The molecule has 1 aromatic rings. The van der Waals surface area contributed by atoms with E-state index < -0.39 is 0 Å². The van der Waals surface area contributed by atoms with Gasteiger partial charge in [-0.25, -0.2) is 4.39 Å². The molecule has 2 atom stereocenters. The Morgan fingerprint density at radius 2 is 2.24 bits per heavy atom. The Balaban J connectivity index is 2.02. The van der Waals surface area contributed by atoms with Gasteiger partial charge in [-0.05, 0) is 31.4 Å². The molecule has 92 valence electrons. The first-order valence-electron chi connectivity index (χ1n) is 6.09. The van der Waals surface area contributed by atoms with Gasteiger partial charge < -0.3 is 0 Å². The van der Waals surface area contributed by atoms with Crippen LogP contribution in [-0.4, -0.2) is 29.8 Å². The molecule has 1 aliphatic heterocycles. The van der Waals surface area contributed by atoms with E-state index in [2.05, 4.69) is 18.7 Å². The molecule has 1 aliphatic rings. The lowest BCUT2D eigenvalue weighted by molar-refractivity contribution is 0.0924. The maximum absolute atomic E-state index is 13.0. The number of hydrogen-bond donors (Lipinski definition) is 0. The fraction of sp³-hybridized carbons (Fsp3) is 0.500. The standard InChI is InChI=1S/C14H18FNO/c1-10-6-11(2)16(8-10)9-14(17)12-4-3-5-13(15)7-12/h3-5,7,10-11H,6,8-9H2,1-2H3. The molecule has 1 aromatic carbocycles. The van der Waals surface area contributed by atoms with E-state index in [9.17, 15) is 9.18 Å². The molecule has 0 aliphatic carbocycles. The number of carbonyl (C=O) groups excluding carboxylic acids is 1. The summed E-state index contributed by atoms with van der Waals surface area (Å²) in [4.78, 5) is 14.2. The van der Waals surface area contributed by atoms with Crippen molar-refractivity contribution in [2.24, 2.45) is 5.92 Å². The number of ketones is 1. The molecule has 2 unspecified atom stereocenters. The van der Waals surface area contributed by atoms with Gasteiger partial charge in [0.05, 0.1) is 6.54 Å². The third-order valence-electron chi connectivity index (χ3n) is 3.41. The SMILES string of the molecule is CC1CC(C)N(CC(=O)c2cccc(F)c2)C1. The third-order valence-corrected chi connectivity index (χ3v) is 3.41. The van der Waals surface area contributed by atoms with E-state index in [1.165, 1.54) is 12.1 Å². The summed E-state index contributed by atoms with van der Waals surface area (Å²) in [5.74, 6) is 0.300. The quantitative estimate of drug-likeness (QED) is 0.751. The Kier molecular flexibility index (Phi) is 3.57. The summed E-state index contributed by atoms with van der Waals surface area (Å²) in [5.41, 5.74) is 0.469. The summed E-state index contributed by atoms with van der Waals surface area (Å²) in [6, 6.07) is 6.38. The van der Waals surface area contributed by atoms with Crippen LogP contribution >= 0.6 is 0 Å². The molecule has 0 spiro atoms. The van der Waals surface area contributed by atoms with E-state index in [0.29, 0.717) is 24.1 Å². The number of likely N-dealkylation sites (tertiary alicyclic amines) is 1. The maximum Gasteiger partial charge on any atom is 0.176 e. The van der Waals surface area contributed by atoms with Crippen LogP contribution < -0.4 is 0 Å². The van der Waals surface area contributed by atoms with Crippen LogP contribution in [0.1, 0.15) is 30.6 Å². The Labute approximate surface area is 101 Å². The van der Waals surface area contributed by atoms with Crippen LogP contribution in [0.2, 0.25) is 0 Å². The average molecular weight is 235 g/mol. The van der Waals surface area contributed by atoms with Crippen molar-refractivity contribution in [1.82, 2.24) is 4.90 Å². The van der Waals surface area contributed by atoms with Crippen LogP contribution in [0.3, 0.4) is 0 Å². The number of rotatable bonds is 3. The lowest BCUT2D eigenvalue weighted by Crippen LogP contribution is -2.32. The lowest BCUT2D eigenvalue weighted by atomic mass is 10.1. The van der Waals surface area contributed by atoms with Crippen molar-refractivity contribution in [2.75, 3.05) is 13.1 Å². The summed E-state index contributed by atoms with van der Waals surface area (Å²) in [6.45, 7) is 5.70. The first-order valence-corrected chi connectivity index (χ1v) is 6.09. The summed E-state index contributed by atoms with van der Waals surface area (Å²) in [5, 5.41) is 0. The minimum absolute atomic E-state index is 0.00505. The number of nitrogens with zero attached hydrogens (tertiary/aromatic N) is 1. The highest BCUT2D eigenvalue weighted by atomic mass is 19.1. The smallest absolute Gasteiger partial charge is 0.176 e. The van der Waals surface area contributed by atoms with Crippen LogP contribution in [0, 0.1) is 11.7 Å². The van der Waals surface area contributed by atoms with Crippen LogP contribution in [0.4, 0.5) is 4.39 Å². The van der Waals surface area contributed by atoms with Crippen molar-refractivity contribution in [3.63, 3.8) is 0 Å². The number of carbonyl (C=O) groups is 1. The molecule has 1 heterocycles. The summed E-state index contributed by atoms with van der Waals surface area (Å²) in [6.07, 6.45) is 1.14. The monoisotopic (exact) mass is 235 g/mol. The molecular weight excluding hydrogens is 217 g/mol. The Hall–Kier alpha value is -1.22. The van der Waals surface area contributed by atoms with E-state index in [1.807, 2.05) is 0 Å². The Morgan fingerprint density at radius 3 is 2.82 bits per heavy atom. The predicted molar refractivity (Wildman–Crippen MR) is 65.5 cm³/mol. The van der Waals surface area contributed by atoms with Gasteiger partial charge in [0.1, 0.15) is 5.82 Å². The van der Waals surface area contributed by atoms with Crippen LogP contribution in [-0.2, 0) is 0 Å². The minimum Gasteiger partial charge on any atom is -0.293 e. The van der Waals surface area contributed by atoms with Gasteiger partial charge in [-0.3, -0.25) is 9.69 Å². The molecule has 0 radical (unpaired) electrons. The van der Waals surface area contributed by atoms with E-state index in [4.69, 9.17) is 0 Å². The van der Waals surface area contributed by atoms with Crippen LogP contribution in [0.15, 0.2) is 24.3 Å². The molecule has 3 heteroatoms. The van der Waals surface area contributed by atoms with E-state index >= 15 is 0 Å². The van der Waals surface area contributed by atoms with E-state index in [0.717, 1.165) is 13.0 Å². The number of Topliss-reactive ketones (excluding diaryl/α,β-unsaturated/α-hetero) is 1. The highest BCUT2D eigenvalue weighted by Crippen LogP contribution is 2.22. The second-order valence-corrected chi connectivity index (χ2v) is 5.05. The van der Waals surface area contributed by atoms with Gasteiger partial charge in [-0.15, -0.1) is 0 Å². The zero-order valence-electron chi connectivity index (χ0n) is 10.3. The molecule has 0 saturated carbocycles. The third kappa shape index (κ3) is 2.91. The maximum atomic E-state index is 13.0. The first kappa shape index (κ1) is 12.2. The van der Waals surface area contributed by atoms with Crippen molar-refractivity contribution in [3.05, 3.63) is 35.6 Å². The van der Waals surface area contributed by atoms with E-state index in [1.54, 1.807) is 12.1 Å². The fourth-order valence-corrected chi connectivity index (χ4v) is 2.54. The molecule has 1 saturated heterocycles. The van der Waals surface area contributed by atoms with Gasteiger partial charge in [-0.2, -0.15) is 0 Å². The number of hydrogen-bond acceptors (Lipinski definition) is 2. The van der Waals surface area contributed by atoms with Gasteiger partial charge in [0.25, 0.3) is 0 Å². The predicted octanol–water partition coefficient (Wildman–Crippen LogP) is 2.74. The summed E-state index contributed by atoms with van der Waals surface area (Å²) < 4.78 is 13.0. The molecule has 0 aromatic heterocycles. The lowest BCUT2D eigenvalue weighted by Gasteiger charge is -2.19. The van der Waals surface area contributed by atoms with Gasteiger partial charge in [0.2, 0.25) is 0 Å². The first-order chi connectivity index (χ1) is 8.06. The second-order valence-electron chi connectivity index (χ2n) is 5.05. The van der Waals surface area contributed by atoms with E-state index in [-0.39, 0.29) is 11.6 Å². The second kappa shape index (κ2) is 4.96. The summed E-state index contributed by atoms with van der Waals surface area (Å²) in [7, 11) is 0. The van der Waals surface area contributed by atoms with Crippen molar-refractivity contribution in [2.45, 2.75) is 26.3 Å². The van der Waals surface area contributed by atoms with Crippen molar-refractivity contribution < 1.29 is 9.18 Å². The summed E-state index contributed by atoms with van der Waals surface area (Å²) >= 11 is 0. The topological polar surface area (TPSA) is 20.3 Å². The largest absolute Gasteiger partial charge is 0.293 e. The van der Waals surface area contributed by atoms with Crippen LogP contribution in [0.5, 0.6) is 0 Å². The highest BCUT2D eigenvalue weighted by Gasteiger charge is 2.27. The molecule has 0 amide bonds. The van der Waals surface area contributed by atoms with Gasteiger partial charge in [0.15, 0.2) is 5.78 Å². The minimum atomic E-state index is -0.348. The van der Waals surface area contributed by atoms with Gasteiger partial charge in [0, 0.05) is 18.2 Å². The van der Waals surface area contributed by atoms with Gasteiger partial charge >= 0.3 is 0 Å². The molecule has 0 N–H and O–H groups in total. The highest BCUT2D eigenvalue weighted by molar-refractivity contribution is 5.97. The molecule has 2 rings (SSSR count). The fourth-order valence-electron chi connectivity index (χ4n) is 2.54. The number of benzene rings is 1. The Morgan fingerprint density at radius 1 is 1.47 bits per heavy atom. The number of halogens is 1. The molecule has 2 nitrogen and oxygen atoms in total. The molecule has 1 fully saturated rings. The van der Waals surface area contributed by atoms with Crippen molar-refractivity contribution in [1.29, 1.82) is 0 Å². The molecule has 0 bridgehead atoms. The Bertz CT molecular complexity index is 418. The van der Waals surface area contributed by atoms with Crippen LogP contribution in [0.25, 0.3) is 0 Å². The molecular formula is C14H18FNO. The van der Waals surface area contributed by atoms with Crippen molar-refractivity contribution >= 4 is 5.78 Å². The average Bonchev–Trinajstić information content (AvgIpc) is 2.57. The zero-order valence-corrected chi connectivity index (χ0v) is 10.3. The molecule has 17 heavy (non-hydrogen) atoms. The van der Waals surface area contributed by atoms with Crippen molar-refractivity contribution in [3.8, 4) is 0 Å².